The Labute approximate surface area is 135 Å². The zero-order valence-electron chi connectivity index (χ0n) is 12.4. The highest BCUT2D eigenvalue weighted by molar-refractivity contribution is 6.33. The van der Waals surface area contributed by atoms with Gasteiger partial charge in [-0.15, -0.1) is 0 Å². The van der Waals surface area contributed by atoms with Crippen molar-refractivity contribution in [3.05, 3.63) is 83.9 Å². The summed E-state index contributed by atoms with van der Waals surface area (Å²) in [7, 11) is 0. The minimum absolute atomic E-state index is 0.780. The van der Waals surface area contributed by atoms with Gasteiger partial charge < -0.3 is 4.57 Å². The fourth-order valence-corrected chi connectivity index (χ4v) is 2.61. The number of benzene rings is 2. The summed E-state index contributed by atoms with van der Waals surface area (Å²) in [6.07, 6.45) is 7.78. The van der Waals surface area contributed by atoms with Crippen LogP contribution in [0.4, 0.5) is 0 Å². The van der Waals surface area contributed by atoms with Gasteiger partial charge in [0.05, 0.1) is 6.33 Å². The maximum Gasteiger partial charge on any atom is 0.0948 e. The summed E-state index contributed by atoms with van der Waals surface area (Å²) in [6.45, 7) is 2.96. The van der Waals surface area contributed by atoms with Gasteiger partial charge in [0.1, 0.15) is 0 Å². The van der Waals surface area contributed by atoms with Crippen molar-refractivity contribution in [2.24, 2.45) is 0 Å². The third kappa shape index (κ3) is 3.29. The number of rotatable bonds is 4. The smallest absolute Gasteiger partial charge is 0.0948 e. The highest BCUT2D eigenvalue weighted by Crippen LogP contribution is 2.28. The monoisotopic (exact) mass is 308 g/mol. The van der Waals surface area contributed by atoms with Gasteiger partial charge in [0.25, 0.3) is 0 Å². The second-order valence-corrected chi connectivity index (χ2v) is 5.61. The summed E-state index contributed by atoms with van der Waals surface area (Å²) in [5.74, 6) is 0. The second-order valence-electron chi connectivity index (χ2n) is 5.20. The normalized spacial score (nSPS) is 11.6. The first-order valence-electron chi connectivity index (χ1n) is 7.22. The highest BCUT2D eigenvalue weighted by Gasteiger charge is 2.03. The summed E-state index contributed by atoms with van der Waals surface area (Å²) < 4.78 is 2.04. The maximum atomic E-state index is 6.25. The molecule has 0 bridgehead atoms. The Bertz CT molecular complexity index is 771. The molecule has 2 aromatic carbocycles. The summed E-state index contributed by atoms with van der Waals surface area (Å²) >= 11 is 6.25. The van der Waals surface area contributed by atoms with E-state index in [4.69, 9.17) is 11.6 Å². The van der Waals surface area contributed by atoms with Gasteiger partial charge in [-0.25, -0.2) is 4.98 Å². The van der Waals surface area contributed by atoms with Crippen molar-refractivity contribution in [2.75, 3.05) is 0 Å². The van der Waals surface area contributed by atoms with Gasteiger partial charge in [-0.05, 0) is 29.7 Å². The molecule has 0 unspecified atom stereocenters. The quantitative estimate of drug-likeness (QED) is 0.639. The largest absolute Gasteiger partial charge is 0.334 e. The minimum atomic E-state index is 0.780. The molecule has 0 radical (unpaired) electrons. The molecular weight excluding hydrogens is 292 g/mol. The number of imidazole rings is 1. The van der Waals surface area contributed by atoms with E-state index in [2.05, 4.69) is 42.2 Å². The number of aromatic nitrogens is 2. The van der Waals surface area contributed by atoms with Crippen LogP contribution in [-0.4, -0.2) is 9.55 Å². The standard InChI is InChI=1S/C19H17ClN2/c1-15(10-12-22-13-11-21-14-22)16-6-8-17(9-7-16)18-4-2-3-5-19(18)20/h2-11,13-14H,12H2,1H3. The van der Waals surface area contributed by atoms with Gasteiger partial charge in [-0.1, -0.05) is 60.1 Å². The predicted octanol–water partition coefficient (Wildman–Crippen LogP) is 5.31. The first-order chi connectivity index (χ1) is 10.7. The fraction of sp³-hybridized carbons (Fsp3) is 0.105. The zero-order chi connectivity index (χ0) is 15.4. The van der Waals surface area contributed by atoms with Crippen molar-refractivity contribution < 1.29 is 0 Å². The Morgan fingerprint density at radius 1 is 1.14 bits per heavy atom. The first-order valence-corrected chi connectivity index (χ1v) is 7.59. The molecular formula is C19H17ClN2. The molecule has 1 aromatic heterocycles. The maximum absolute atomic E-state index is 6.25. The molecule has 0 spiro atoms. The average Bonchev–Trinajstić information content (AvgIpc) is 3.07. The van der Waals surface area contributed by atoms with E-state index in [0.29, 0.717) is 0 Å². The van der Waals surface area contributed by atoms with E-state index in [1.165, 1.54) is 11.1 Å². The zero-order valence-corrected chi connectivity index (χ0v) is 13.2. The molecule has 2 nitrogen and oxygen atoms in total. The third-order valence-corrected chi connectivity index (χ3v) is 4.02. The minimum Gasteiger partial charge on any atom is -0.334 e. The van der Waals surface area contributed by atoms with Crippen LogP contribution in [0.25, 0.3) is 16.7 Å². The van der Waals surface area contributed by atoms with E-state index >= 15 is 0 Å². The van der Waals surface area contributed by atoms with Crippen LogP contribution in [0.15, 0.2) is 73.3 Å². The molecule has 0 atom stereocenters. The lowest BCUT2D eigenvalue weighted by Gasteiger charge is -2.07. The molecule has 0 aliphatic heterocycles. The molecule has 0 amide bonds. The van der Waals surface area contributed by atoms with Crippen LogP contribution in [0.3, 0.4) is 0 Å². The van der Waals surface area contributed by atoms with Gasteiger partial charge >= 0.3 is 0 Å². The van der Waals surface area contributed by atoms with E-state index in [1.54, 1.807) is 6.20 Å². The van der Waals surface area contributed by atoms with Crippen molar-refractivity contribution >= 4 is 17.2 Å². The topological polar surface area (TPSA) is 17.8 Å². The van der Waals surface area contributed by atoms with E-state index in [0.717, 1.165) is 22.7 Å². The lowest BCUT2D eigenvalue weighted by atomic mass is 10.0. The highest BCUT2D eigenvalue weighted by atomic mass is 35.5. The van der Waals surface area contributed by atoms with Crippen LogP contribution in [0.2, 0.25) is 5.02 Å². The van der Waals surface area contributed by atoms with Crippen molar-refractivity contribution in [1.82, 2.24) is 9.55 Å². The number of hydrogen-bond donors (Lipinski definition) is 0. The molecule has 0 aliphatic carbocycles. The lowest BCUT2D eigenvalue weighted by molar-refractivity contribution is 0.821. The van der Waals surface area contributed by atoms with Crippen LogP contribution in [0.5, 0.6) is 0 Å². The SMILES string of the molecule is CC(=CCn1ccnc1)c1ccc(-c2ccccc2Cl)cc1. The summed E-state index contributed by atoms with van der Waals surface area (Å²) in [5.41, 5.74) is 4.67. The molecule has 22 heavy (non-hydrogen) atoms. The van der Waals surface area contributed by atoms with Crippen molar-refractivity contribution in [3.63, 3.8) is 0 Å². The van der Waals surface area contributed by atoms with Gasteiger partial charge in [-0.2, -0.15) is 0 Å². The molecule has 3 aromatic rings. The number of halogens is 1. The van der Waals surface area contributed by atoms with E-state index in [-0.39, 0.29) is 0 Å². The van der Waals surface area contributed by atoms with Crippen LogP contribution < -0.4 is 0 Å². The van der Waals surface area contributed by atoms with Crippen LogP contribution >= 0.6 is 11.6 Å². The van der Waals surface area contributed by atoms with Crippen LogP contribution in [-0.2, 0) is 6.54 Å². The molecule has 0 aliphatic rings. The Morgan fingerprint density at radius 2 is 1.91 bits per heavy atom. The van der Waals surface area contributed by atoms with Crippen LogP contribution in [0, 0.1) is 0 Å². The Morgan fingerprint density at radius 3 is 2.59 bits per heavy atom. The van der Waals surface area contributed by atoms with Crippen LogP contribution in [0.1, 0.15) is 12.5 Å². The number of allylic oxidation sites excluding steroid dienone is 2. The van der Waals surface area contributed by atoms with Crippen molar-refractivity contribution in [1.29, 1.82) is 0 Å². The van der Waals surface area contributed by atoms with Gasteiger partial charge in [0.2, 0.25) is 0 Å². The van der Waals surface area contributed by atoms with E-state index in [9.17, 15) is 0 Å². The molecule has 1 heterocycles. The lowest BCUT2D eigenvalue weighted by Crippen LogP contribution is -1.91. The molecule has 0 N–H and O–H groups in total. The third-order valence-electron chi connectivity index (χ3n) is 3.69. The predicted molar refractivity (Wildman–Crippen MR) is 92.8 cm³/mol. The molecule has 110 valence electrons. The molecule has 0 fully saturated rings. The van der Waals surface area contributed by atoms with Crippen molar-refractivity contribution in [3.8, 4) is 11.1 Å². The first kappa shape index (κ1) is 14.6. The number of hydrogen-bond acceptors (Lipinski definition) is 1. The number of nitrogens with zero attached hydrogens (tertiary/aromatic N) is 2. The molecule has 3 rings (SSSR count). The van der Waals surface area contributed by atoms with Gasteiger partial charge in [0, 0.05) is 29.5 Å². The van der Waals surface area contributed by atoms with E-state index < -0.39 is 0 Å². The Balaban J connectivity index is 1.79. The summed E-state index contributed by atoms with van der Waals surface area (Å²) in [6, 6.07) is 16.4. The Hall–Kier alpha value is -2.32. The van der Waals surface area contributed by atoms with Gasteiger partial charge in [0.15, 0.2) is 0 Å². The average molecular weight is 309 g/mol. The molecule has 0 saturated carbocycles. The van der Waals surface area contributed by atoms with Crippen molar-refractivity contribution in [2.45, 2.75) is 13.5 Å². The van der Waals surface area contributed by atoms with E-state index in [1.807, 2.05) is 41.4 Å². The summed E-state index contributed by atoms with van der Waals surface area (Å²) in [5, 5.41) is 0.780. The Kier molecular flexibility index (Phi) is 4.40. The molecule has 0 saturated heterocycles. The molecule has 3 heteroatoms. The second kappa shape index (κ2) is 6.63. The van der Waals surface area contributed by atoms with Gasteiger partial charge in [-0.3, -0.25) is 0 Å². The fourth-order valence-electron chi connectivity index (χ4n) is 2.36. The summed E-state index contributed by atoms with van der Waals surface area (Å²) in [4.78, 5) is 4.05.